The summed E-state index contributed by atoms with van der Waals surface area (Å²) < 4.78 is 55.1. The van der Waals surface area contributed by atoms with Gasteiger partial charge in [0.05, 0.1) is 84.2 Å². The molecular weight excluding hydrogens is 404 g/mol. The normalized spacial score (nSPS) is 11.8. The molecule has 0 heterocycles. The van der Waals surface area contributed by atoms with Crippen LogP contribution in [0, 0.1) is 6.92 Å². The molecule has 0 spiro atoms. The lowest BCUT2D eigenvalue weighted by atomic mass is 10.2. The summed E-state index contributed by atoms with van der Waals surface area (Å²) in [4.78, 5) is 0.131. The summed E-state index contributed by atoms with van der Waals surface area (Å²) in [6, 6.07) is 6.47. The highest BCUT2D eigenvalue weighted by Gasteiger charge is 2.14. The van der Waals surface area contributed by atoms with Gasteiger partial charge in [0, 0.05) is 0 Å². The monoisotopic (exact) mass is 436 g/mol. The van der Waals surface area contributed by atoms with Gasteiger partial charge in [0.1, 0.15) is 0 Å². The van der Waals surface area contributed by atoms with Gasteiger partial charge in [0.2, 0.25) is 0 Å². The molecule has 0 unspecified atom stereocenters. The van der Waals surface area contributed by atoms with Gasteiger partial charge in [-0.25, -0.2) is 0 Å². The first kappa shape index (κ1) is 25.9. The molecule has 0 radical (unpaired) electrons. The number of hydrogen-bond acceptors (Lipinski definition) is 9. The lowest BCUT2D eigenvalue weighted by Crippen LogP contribution is -2.15. The molecule has 0 aromatic heterocycles. The molecule has 0 saturated carbocycles. The molecule has 1 aromatic carbocycles. The van der Waals surface area contributed by atoms with E-state index in [1.54, 1.807) is 12.1 Å². The summed E-state index contributed by atoms with van der Waals surface area (Å²) in [6.07, 6.45) is 0. The number of hydrogen-bond donors (Lipinski definition) is 1. The molecule has 168 valence electrons. The quantitative estimate of drug-likeness (QED) is 0.248. The standard InChI is InChI=1S/C19H32O9S/c1-18-2-4-19(5-3-18)29(21,22)28-17-16-27-15-14-26-13-12-25-11-10-24-9-8-23-7-6-20/h2-5,20H,6-17H2,1H3. The van der Waals surface area contributed by atoms with E-state index in [4.69, 9.17) is 33.0 Å². The minimum atomic E-state index is -3.75. The maximum absolute atomic E-state index is 12.0. The van der Waals surface area contributed by atoms with E-state index >= 15 is 0 Å². The second kappa shape index (κ2) is 16.7. The third-order valence-electron chi connectivity index (χ3n) is 3.50. The van der Waals surface area contributed by atoms with Crippen molar-refractivity contribution in [3.05, 3.63) is 29.8 Å². The van der Waals surface area contributed by atoms with Crippen LogP contribution in [0.4, 0.5) is 0 Å². The molecule has 10 heteroatoms. The van der Waals surface area contributed by atoms with Gasteiger partial charge in [-0.2, -0.15) is 8.42 Å². The Labute approximate surface area is 172 Å². The van der Waals surface area contributed by atoms with Crippen molar-refractivity contribution in [2.75, 3.05) is 79.3 Å². The summed E-state index contributed by atoms with van der Waals surface area (Å²) in [7, 11) is -3.75. The van der Waals surface area contributed by atoms with E-state index in [2.05, 4.69) is 0 Å². The maximum atomic E-state index is 12.0. The summed E-state index contributed by atoms with van der Waals surface area (Å²) in [5, 5.41) is 8.52. The smallest absolute Gasteiger partial charge is 0.297 e. The second-order valence-corrected chi connectivity index (χ2v) is 7.49. The molecule has 1 rings (SSSR count). The molecule has 1 aromatic rings. The van der Waals surface area contributed by atoms with Crippen LogP contribution < -0.4 is 0 Å². The van der Waals surface area contributed by atoms with Crippen molar-refractivity contribution in [3.8, 4) is 0 Å². The van der Waals surface area contributed by atoms with Crippen LogP contribution in [-0.2, 0) is 38.0 Å². The molecule has 0 aliphatic heterocycles. The Morgan fingerprint density at radius 1 is 0.655 bits per heavy atom. The van der Waals surface area contributed by atoms with Gasteiger partial charge in [0.15, 0.2) is 0 Å². The van der Waals surface area contributed by atoms with E-state index in [9.17, 15) is 8.42 Å². The van der Waals surface area contributed by atoms with Crippen molar-refractivity contribution >= 4 is 10.1 Å². The first-order valence-corrected chi connectivity index (χ1v) is 10.9. The third-order valence-corrected chi connectivity index (χ3v) is 4.83. The highest BCUT2D eigenvalue weighted by atomic mass is 32.2. The van der Waals surface area contributed by atoms with Crippen LogP contribution in [0.5, 0.6) is 0 Å². The summed E-state index contributed by atoms with van der Waals surface area (Å²) in [5.74, 6) is 0. The molecule has 0 aliphatic carbocycles. The second-order valence-electron chi connectivity index (χ2n) is 5.87. The average molecular weight is 437 g/mol. The highest BCUT2D eigenvalue weighted by molar-refractivity contribution is 7.86. The van der Waals surface area contributed by atoms with Gasteiger partial charge < -0.3 is 28.8 Å². The van der Waals surface area contributed by atoms with Crippen molar-refractivity contribution in [2.45, 2.75) is 11.8 Å². The topological polar surface area (TPSA) is 110 Å². The summed E-state index contributed by atoms with van der Waals surface area (Å²) in [5.41, 5.74) is 0.978. The van der Waals surface area contributed by atoms with E-state index in [1.807, 2.05) is 6.92 Å². The van der Waals surface area contributed by atoms with Gasteiger partial charge in [-0.15, -0.1) is 0 Å². The van der Waals surface area contributed by atoms with Crippen LogP contribution in [-0.4, -0.2) is 92.8 Å². The van der Waals surface area contributed by atoms with E-state index in [1.165, 1.54) is 12.1 Å². The van der Waals surface area contributed by atoms with Crippen LogP contribution in [0.1, 0.15) is 5.56 Å². The summed E-state index contributed by atoms with van der Waals surface area (Å²) >= 11 is 0. The molecule has 0 bridgehead atoms. The first-order chi connectivity index (χ1) is 14.1. The fraction of sp³-hybridized carbons (Fsp3) is 0.684. The SMILES string of the molecule is Cc1ccc(S(=O)(=O)OCCOCCOCCOCCOCCOCCO)cc1. The molecule has 9 nitrogen and oxygen atoms in total. The van der Waals surface area contributed by atoms with Crippen LogP contribution in [0.25, 0.3) is 0 Å². The molecule has 0 aliphatic rings. The zero-order valence-corrected chi connectivity index (χ0v) is 17.7. The average Bonchev–Trinajstić information content (AvgIpc) is 2.70. The van der Waals surface area contributed by atoms with E-state index in [0.29, 0.717) is 59.5 Å². The first-order valence-electron chi connectivity index (χ1n) is 9.52. The van der Waals surface area contributed by atoms with Crippen LogP contribution in [0.3, 0.4) is 0 Å². The number of rotatable bonds is 19. The van der Waals surface area contributed by atoms with Gasteiger partial charge in [-0.3, -0.25) is 4.18 Å². The van der Waals surface area contributed by atoms with E-state index in [-0.39, 0.29) is 24.7 Å². The fourth-order valence-electron chi connectivity index (χ4n) is 2.02. The number of aryl methyl sites for hydroxylation is 1. The zero-order valence-electron chi connectivity index (χ0n) is 16.9. The predicted octanol–water partition coefficient (Wildman–Crippen LogP) is 0.776. The third kappa shape index (κ3) is 13.7. The number of aliphatic hydroxyl groups excluding tert-OH is 1. The van der Waals surface area contributed by atoms with E-state index < -0.39 is 10.1 Å². The van der Waals surface area contributed by atoms with Crippen molar-refractivity contribution < 1.29 is 41.4 Å². The number of ether oxygens (including phenoxy) is 5. The van der Waals surface area contributed by atoms with Crippen LogP contribution >= 0.6 is 0 Å². The lowest BCUT2D eigenvalue weighted by Gasteiger charge is -2.08. The van der Waals surface area contributed by atoms with Crippen molar-refractivity contribution in [1.29, 1.82) is 0 Å². The largest absolute Gasteiger partial charge is 0.394 e. The van der Waals surface area contributed by atoms with Crippen LogP contribution in [0.15, 0.2) is 29.2 Å². The number of benzene rings is 1. The van der Waals surface area contributed by atoms with Gasteiger partial charge >= 0.3 is 0 Å². The van der Waals surface area contributed by atoms with E-state index in [0.717, 1.165) is 5.56 Å². The fourth-order valence-corrected chi connectivity index (χ4v) is 2.91. The molecule has 0 atom stereocenters. The maximum Gasteiger partial charge on any atom is 0.297 e. The Morgan fingerprint density at radius 2 is 1.03 bits per heavy atom. The van der Waals surface area contributed by atoms with Crippen molar-refractivity contribution in [1.82, 2.24) is 0 Å². The number of aliphatic hydroxyl groups is 1. The molecule has 0 amide bonds. The Bertz CT molecular complexity index is 605. The van der Waals surface area contributed by atoms with Gasteiger partial charge in [0.25, 0.3) is 10.1 Å². The predicted molar refractivity (Wildman–Crippen MR) is 105 cm³/mol. The Morgan fingerprint density at radius 3 is 1.45 bits per heavy atom. The molecule has 29 heavy (non-hydrogen) atoms. The molecule has 1 N–H and O–H groups in total. The Balaban J connectivity index is 1.86. The minimum absolute atomic E-state index is 0.0118. The summed E-state index contributed by atoms with van der Waals surface area (Å²) in [6.45, 7) is 5.77. The van der Waals surface area contributed by atoms with Gasteiger partial charge in [-0.05, 0) is 19.1 Å². The zero-order chi connectivity index (χ0) is 21.2. The van der Waals surface area contributed by atoms with Crippen molar-refractivity contribution in [3.63, 3.8) is 0 Å². The molecule has 0 saturated heterocycles. The lowest BCUT2D eigenvalue weighted by molar-refractivity contribution is -0.0145. The van der Waals surface area contributed by atoms with Gasteiger partial charge in [-0.1, -0.05) is 17.7 Å². The molecular formula is C19H32O9S. The Hall–Kier alpha value is -1.11. The van der Waals surface area contributed by atoms with Crippen molar-refractivity contribution in [2.24, 2.45) is 0 Å². The minimum Gasteiger partial charge on any atom is -0.394 e. The Kier molecular flexibility index (Phi) is 14.9. The van der Waals surface area contributed by atoms with Crippen LogP contribution in [0.2, 0.25) is 0 Å². The highest BCUT2D eigenvalue weighted by Crippen LogP contribution is 2.12. The molecule has 0 fully saturated rings.